The van der Waals surface area contributed by atoms with Gasteiger partial charge in [0.15, 0.2) is 0 Å². The van der Waals surface area contributed by atoms with Crippen molar-refractivity contribution in [2.45, 2.75) is 6.54 Å². The Labute approximate surface area is 114 Å². The first-order valence-electron chi connectivity index (χ1n) is 5.58. The van der Waals surface area contributed by atoms with Crippen LogP contribution in [0.5, 0.6) is 0 Å². The van der Waals surface area contributed by atoms with Crippen molar-refractivity contribution in [1.82, 2.24) is 5.32 Å². The van der Waals surface area contributed by atoms with E-state index in [0.29, 0.717) is 6.54 Å². The monoisotopic (exact) mass is 304 g/mol. The molecular weight excluding hydrogens is 292 g/mol. The van der Waals surface area contributed by atoms with E-state index in [9.17, 15) is 4.79 Å². The quantitative estimate of drug-likeness (QED) is 0.890. The first-order chi connectivity index (χ1) is 8.74. The minimum absolute atomic E-state index is 0.205. The highest BCUT2D eigenvalue weighted by Crippen LogP contribution is 2.10. The van der Waals surface area contributed by atoms with Crippen LogP contribution >= 0.6 is 15.9 Å². The highest BCUT2D eigenvalue weighted by Gasteiger charge is 2.00. The van der Waals surface area contributed by atoms with Crippen molar-refractivity contribution in [3.63, 3.8) is 0 Å². The maximum Gasteiger partial charge on any atom is 0.319 e. The van der Waals surface area contributed by atoms with Gasteiger partial charge in [0, 0.05) is 16.7 Å². The maximum atomic E-state index is 11.6. The Hall–Kier alpha value is -1.81. The number of anilines is 1. The summed E-state index contributed by atoms with van der Waals surface area (Å²) in [6.07, 6.45) is 0. The number of hydrogen-bond acceptors (Lipinski definition) is 1. The molecule has 0 saturated heterocycles. The molecular formula is C14H13BrN2O. The largest absolute Gasteiger partial charge is 0.334 e. The van der Waals surface area contributed by atoms with Crippen LogP contribution in [-0.2, 0) is 6.54 Å². The average molecular weight is 305 g/mol. The lowest BCUT2D eigenvalue weighted by Gasteiger charge is -2.07. The Morgan fingerprint density at radius 1 is 1.00 bits per heavy atom. The highest BCUT2D eigenvalue weighted by molar-refractivity contribution is 9.10. The number of carbonyl (C=O) groups excluding carboxylic acids is 1. The summed E-state index contributed by atoms with van der Waals surface area (Å²) in [7, 11) is 0. The topological polar surface area (TPSA) is 41.1 Å². The molecule has 2 N–H and O–H groups in total. The highest BCUT2D eigenvalue weighted by atomic mass is 79.9. The van der Waals surface area contributed by atoms with Gasteiger partial charge < -0.3 is 10.6 Å². The fraction of sp³-hybridized carbons (Fsp3) is 0.0714. The van der Waals surface area contributed by atoms with E-state index in [1.165, 1.54) is 0 Å². The second-order valence-corrected chi connectivity index (χ2v) is 4.72. The molecule has 0 spiro atoms. The van der Waals surface area contributed by atoms with Crippen LogP contribution in [0, 0.1) is 0 Å². The smallest absolute Gasteiger partial charge is 0.319 e. The normalized spacial score (nSPS) is 9.83. The van der Waals surface area contributed by atoms with Crippen LogP contribution in [0.15, 0.2) is 59.1 Å². The van der Waals surface area contributed by atoms with E-state index in [-0.39, 0.29) is 6.03 Å². The molecule has 0 aliphatic carbocycles. The molecule has 0 heterocycles. The lowest BCUT2D eigenvalue weighted by Crippen LogP contribution is -2.28. The number of para-hydroxylation sites is 1. The standard InChI is InChI=1S/C14H13BrN2O/c15-12-8-6-11(7-9-12)10-16-14(18)17-13-4-2-1-3-5-13/h1-9H,10H2,(H2,16,17,18). The van der Waals surface area contributed by atoms with Crippen LogP contribution < -0.4 is 10.6 Å². The second-order valence-electron chi connectivity index (χ2n) is 3.80. The number of nitrogens with one attached hydrogen (secondary N) is 2. The van der Waals surface area contributed by atoms with Crippen molar-refractivity contribution in [3.8, 4) is 0 Å². The van der Waals surface area contributed by atoms with Gasteiger partial charge in [-0.25, -0.2) is 4.79 Å². The predicted octanol–water partition coefficient (Wildman–Crippen LogP) is 3.77. The molecule has 0 aliphatic rings. The number of amides is 2. The van der Waals surface area contributed by atoms with Gasteiger partial charge in [-0.05, 0) is 29.8 Å². The van der Waals surface area contributed by atoms with Crippen LogP contribution in [0.4, 0.5) is 10.5 Å². The Bertz CT molecular complexity index is 511. The number of urea groups is 1. The summed E-state index contributed by atoms with van der Waals surface area (Å²) in [4.78, 5) is 11.6. The third-order valence-electron chi connectivity index (χ3n) is 2.40. The lowest BCUT2D eigenvalue weighted by molar-refractivity contribution is 0.251. The molecule has 4 heteroatoms. The predicted molar refractivity (Wildman–Crippen MR) is 76.4 cm³/mol. The van der Waals surface area contributed by atoms with E-state index in [0.717, 1.165) is 15.7 Å². The van der Waals surface area contributed by atoms with E-state index in [1.54, 1.807) is 0 Å². The van der Waals surface area contributed by atoms with Crippen LogP contribution in [0.25, 0.3) is 0 Å². The molecule has 92 valence electrons. The molecule has 0 bridgehead atoms. The Kier molecular flexibility index (Phi) is 4.36. The van der Waals surface area contributed by atoms with Gasteiger partial charge in [0.25, 0.3) is 0 Å². The number of halogens is 1. The maximum absolute atomic E-state index is 11.6. The fourth-order valence-electron chi connectivity index (χ4n) is 1.48. The van der Waals surface area contributed by atoms with E-state index < -0.39 is 0 Å². The summed E-state index contributed by atoms with van der Waals surface area (Å²) in [5.41, 5.74) is 1.84. The molecule has 0 radical (unpaired) electrons. The molecule has 2 amide bonds. The van der Waals surface area contributed by atoms with E-state index in [4.69, 9.17) is 0 Å². The van der Waals surface area contributed by atoms with Crippen molar-refractivity contribution in [2.24, 2.45) is 0 Å². The second kappa shape index (κ2) is 6.21. The van der Waals surface area contributed by atoms with Gasteiger partial charge in [-0.1, -0.05) is 46.3 Å². The van der Waals surface area contributed by atoms with Crippen LogP contribution in [-0.4, -0.2) is 6.03 Å². The van der Waals surface area contributed by atoms with Crippen molar-refractivity contribution < 1.29 is 4.79 Å². The van der Waals surface area contributed by atoms with Gasteiger partial charge in [-0.2, -0.15) is 0 Å². The Morgan fingerprint density at radius 2 is 1.67 bits per heavy atom. The summed E-state index contributed by atoms with van der Waals surface area (Å²) in [5, 5.41) is 5.57. The van der Waals surface area contributed by atoms with Crippen molar-refractivity contribution in [3.05, 3.63) is 64.6 Å². The lowest BCUT2D eigenvalue weighted by atomic mass is 10.2. The zero-order chi connectivity index (χ0) is 12.8. The van der Waals surface area contributed by atoms with Gasteiger partial charge >= 0.3 is 6.03 Å². The van der Waals surface area contributed by atoms with Crippen molar-refractivity contribution in [1.29, 1.82) is 0 Å². The molecule has 2 rings (SSSR count). The van der Waals surface area contributed by atoms with E-state index in [2.05, 4.69) is 26.6 Å². The molecule has 3 nitrogen and oxygen atoms in total. The molecule has 0 saturated carbocycles. The zero-order valence-electron chi connectivity index (χ0n) is 9.69. The summed E-state index contributed by atoms with van der Waals surface area (Å²) in [6, 6.07) is 17.0. The molecule has 0 fully saturated rings. The van der Waals surface area contributed by atoms with Crippen molar-refractivity contribution >= 4 is 27.6 Å². The van der Waals surface area contributed by atoms with E-state index >= 15 is 0 Å². The van der Waals surface area contributed by atoms with Gasteiger partial charge in [0.2, 0.25) is 0 Å². The minimum Gasteiger partial charge on any atom is -0.334 e. The third kappa shape index (κ3) is 3.89. The fourth-order valence-corrected chi connectivity index (χ4v) is 1.75. The first-order valence-corrected chi connectivity index (χ1v) is 6.38. The van der Waals surface area contributed by atoms with Crippen molar-refractivity contribution in [2.75, 3.05) is 5.32 Å². The Morgan fingerprint density at radius 3 is 2.33 bits per heavy atom. The Balaban J connectivity index is 1.83. The molecule has 18 heavy (non-hydrogen) atoms. The number of rotatable bonds is 3. The summed E-state index contributed by atoms with van der Waals surface area (Å²) < 4.78 is 1.03. The number of hydrogen-bond donors (Lipinski definition) is 2. The number of carbonyl (C=O) groups is 1. The summed E-state index contributed by atoms with van der Waals surface area (Å²) >= 11 is 3.37. The first kappa shape index (κ1) is 12.6. The molecule has 0 atom stereocenters. The van der Waals surface area contributed by atoms with Gasteiger partial charge in [-0.3, -0.25) is 0 Å². The minimum atomic E-state index is -0.205. The third-order valence-corrected chi connectivity index (χ3v) is 2.93. The molecule has 2 aromatic rings. The summed E-state index contributed by atoms with van der Waals surface area (Å²) in [6.45, 7) is 0.506. The van der Waals surface area contributed by atoms with Gasteiger partial charge in [-0.15, -0.1) is 0 Å². The van der Waals surface area contributed by atoms with Crippen LogP contribution in [0.2, 0.25) is 0 Å². The van der Waals surface area contributed by atoms with Crippen LogP contribution in [0.1, 0.15) is 5.56 Å². The van der Waals surface area contributed by atoms with Gasteiger partial charge in [0.1, 0.15) is 0 Å². The molecule has 2 aromatic carbocycles. The number of benzene rings is 2. The molecule has 0 unspecified atom stereocenters. The summed E-state index contributed by atoms with van der Waals surface area (Å²) in [5.74, 6) is 0. The molecule has 0 aliphatic heterocycles. The van der Waals surface area contributed by atoms with E-state index in [1.807, 2.05) is 54.6 Å². The van der Waals surface area contributed by atoms with Crippen LogP contribution in [0.3, 0.4) is 0 Å². The zero-order valence-corrected chi connectivity index (χ0v) is 11.3. The average Bonchev–Trinajstić information content (AvgIpc) is 2.39. The van der Waals surface area contributed by atoms with Gasteiger partial charge in [0.05, 0.1) is 0 Å². The molecule has 0 aromatic heterocycles. The SMILES string of the molecule is O=C(NCc1ccc(Br)cc1)Nc1ccccc1.